The highest BCUT2D eigenvalue weighted by Crippen LogP contribution is 2.28. The van der Waals surface area contributed by atoms with E-state index >= 15 is 0 Å². The second-order valence-corrected chi connectivity index (χ2v) is 5.71. The lowest BCUT2D eigenvalue weighted by molar-refractivity contribution is 0.0993. The summed E-state index contributed by atoms with van der Waals surface area (Å²) in [4.78, 5) is 24.7. The summed E-state index contributed by atoms with van der Waals surface area (Å²) in [5.74, 6) is -0.581. The predicted molar refractivity (Wildman–Crippen MR) is 91.7 cm³/mol. The quantitative estimate of drug-likeness (QED) is 0.613. The Morgan fingerprint density at radius 1 is 1.12 bits per heavy atom. The van der Waals surface area contributed by atoms with E-state index in [1.807, 2.05) is 42.8 Å². The summed E-state index contributed by atoms with van der Waals surface area (Å²) in [5.41, 5.74) is 10.0. The fourth-order valence-corrected chi connectivity index (χ4v) is 2.76. The van der Waals surface area contributed by atoms with Crippen LogP contribution < -0.4 is 5.73 Å². The molecule has 25 heavy (non-hydrogen) atoms. The number of pyridine rings is 1. The summed E-state index contributed by atoms with van der Waals surface area (Å²) in [6.45, 7) is 1.93. The molecule has 0 aliphatic carbocycles. The monoisotopic (exact) mass is 333 g/mol. The molecule has 1 amide bonds. The van der Waals surface area contributed by atoms with E-state index in [-0.39, 0.29) is 5.69 Å². The Hall–Kier alpha value is -3.55. The molecule has 4 rings (SSSR count). The van der Waals surface area contributed by atoms with Gasteiger partial charge in [0.25, 0.3) is 5.91 Å². The molecule has 0 bridgehead atoms. The zero-order valence-corrected chi connectivity index (χ0v) is 13.7. The molecular weight excluding hydrogens is 318 g/mol. The molecule has 0 saturated carbocycles. The van der Waals surface area contributed by atoms with E-state index < -0.39 is 5.91 Å². The van der Waals surface area contributed by atoms with Crippen molar-refractivity contribution in [3.63, 3.8) is 0 Å². The summed E-state index contributed by atoms with van der Waals surface area (Å²) in [6, 6.07) is 9.40. The van der Waals surface area contributed by atoms with Crippen molar-refractivity contribution in [2.24, 2.45) is 12.8 Å². The minimum Gasteiger partial charge on any atom is -0.364 e. The Kier molecular flexibility index (Phi) is 3.31. The van der Waals surface area contributed by atoms with Crippen LogP contribution in [0.3, 0.4) is 0 Å². The van der Waals surface area contributed by atoms with E-state index in [1.54, 1.807) is 12.4 Å². The highest BCUT2D eigenvalue weighted by molar-refractivity contribution is 5.91. The van der Waals surface area contributed by atoms with Crippen molar-refractivity contribution < 1.29 is 4.79 Å². The Balaban J connectivity index is 1.93. The molecule has 0 atom stereocenters. The van der Waals surface area contributed by atoms with Crippen LogP contribution in [0.15, 0.2) is 42.9 Å². The smallest absolute Gasteiger partial charge is 0.269 e. The second-order valence-electron chi connectivity index (χ2n) is 5.71. The van der Waals surface area contributed by atoms with Crippen LogP contribution in [-0.2, 0) is 7.05 Å². The second kappa shape index (κ2) is 5.52. The van der Waals surface area contributed by atoms with Gasteiger partial charge in [-0.2, -0.15) is 5.10 Å². The lowest BCUT2D eigenvalue weighted by atomic mass is 10.1. The molecule has 8 heteroatoms. The van der Waals surface area contributed by atoms with Gasteiger partial charge in [0.05, 0.1) is 23.9 Å². The Labute approximate surface area is 143 Å². The normalized spacial score (nSPS) is 11.1. The molecule has 0 aliphatic heterocycles. The van der Waals surface area contributed by atoms with Gasteiger partial charge in [0.2, 0.25) is 0 Å². The predicted octanol–water partition coefficient (Wildman–Crippen LogP) is 1.60. The number of carbonyl (C=O) groups is 1. The summed E-state index contributed by atoms with van der Waals surface area (Å²) in [7, 11) is 1.89. The maximum absolute atomic E-state index is 11.6. The van der Waals surface area contributed by atoms with Crippen LogP contribution in [0.1, 0.15) is 16.2 Å². The third kappa shape index (κ3) is 2.44. The molecule has 0 aromatic carbocycles. The molecular formula is C17H15N7O. The first kappa shape index (κ1) is 15.0. The van der Waals surface area contributed by atoms with Gasteiger partial charge >= 0.3 is 0 Å². The van der Waals surface area contributed by atoms with Gasteiger partial charge in [-0.05, 0) is 31.2 Å². The molecule has 4 aromatic rings. The first-order chi connectivity index (χ1) is 12.0. The Morgan fingerprint density at radius 3 is 2.72 bits per heavy atom. The van der Waals surface area contributed by atoms with Gasteiger partial charge in [0, 0.05) is 12.7 Å². The maximum atomic E-state index is 11.6. The van der Waals surface area contributed by atoms with Crippen molar-refractivity contribution >= 4 is 11.6 Å². The van der Waals surface area contributed by atoms with Crippen molar-refractivity contribution in [3.05, 3.63) is 54.2 Å². The van der Waals surface area contributed by atoms with Gasteiger partial charge in [0.15, 0.2) is 5.65 Å². The van der Waals surface area contributed by atoms with E-state index in [0.717, 1.165) is 22.8 Å². The van der Waals surface area contributed by atoms with E-state index in [2.05, 4.69) is 20.1 Å². The van der Waals surface area contributed by atoms with Crippen molar-refractivity contribution in [3.8, 4) is 22.8 Å². The van der Waals surface area contributed by atoms with Gasteiger partial charge in [-0.1, -0.05) is 6.07 Å². The largest absolute Gasteiger partial charge is 0.364 e. The summed E-state index contributed by atoms with van der Waals surface area (Å²) < 4.78 is 3.31. The molecule has 0 fully saturated rings. The lowest BCUT2D eigenvalue weighted by Gasteiger charge is -2.07. The third-order valence-corrected chi connectivity index (χ3v) is 3.93. The molecule has 4 aromatic heterocycles. The molecule has 4 heterocycles. The molecule has 0 spiro atoms. The third-order valence-electron chi connectivity index (χ3n) is 3.93. The summed E-state index contributed by atoms with van der Waals surface area (Å²) in [6.07, 6.45) is 3.13. The van der Waals surface area contributed by atoms with E-state index in [4.69, 9.17) is 5.73 Å². The van der Waals surface area contributed by atoms with Gasteiger partial charge in [-0.3, -0.25) is 9.78 Å². The fourth-order valence-electron chi connectivity index (χ4n) is 2.76. The number of nitrogens with zero attached hydrogens (tertiary/aromatic N) is 6. The maximum Gasteiger partial charge on any atom is 0.269 e. The SMILES string of the molecule is Cc1cccc(-c2ncn(C)c2-c2ccc3ncc(C(N)=O)n3n2)n1. The first-order valence-electron chi connectivity index (χ1n) is 7.65. The number of hydrogen-bond donors (Lipinski definition) is 1. The van der Waals surface area contributed by atoms with Crippen LogP contribution in [0, 0.1) is 6.92 Å². The number of imidazole rings is 2. The minimum absolute atomic E-state index is 0.231. The first-order valence-corrected chi connectivity index (χ1v) is 7.65. The van der Waals surface area contributed by atoms with Crippen molar-refractivity contribution in [2.75, 3.05) is 0 Å². The van der Waals surface area contributed by atoms with Crippen molar-refractivity contribution in [1.82, 2.24) is 29.1 Å². The number of rotatable bonds is 3. The number of hydrogen-bond acceptors (Lipinski definition) is 5. The van der Waals surface area contributed by atoms with Gasteiger partial charge in [-0.15, -0.1) is 0 Å². The average Bonchev–Trinajstić information content (AvgIpc) is 3.17. The summed E-state index contributed by atoms with van der Waals surface area (Å²) >= 11 is 0. The number of aromatic nitrogens is 6. The van der Waals surface area contributed by atoms with Crippen LogP contribution in [0.5, 0.6) is 0 Å². The molecule has 0 saturated heterocycles. The molecule has 2 N–H and O–H groups in total. The zero-order valence-electron chi connectivity index (χ0n) is 13.7. The number of aryl methyl sites for hydroxylation is 2. The van der Waals surface area contributed by atoms with Crippen LogP contribution in [0.4, 0.5) is 0 Å². The van der Waals surface area contributed by atoms with Crippen LogP contribution in [0.25, 0.3) is 28.4 Å². The zero-order chi connectivity index (χ0) is 17.6. The van der Waals surface area contributed by atoms with Crippen molar-refractivity contribution in [2.45, 2.75) is 6.92 Å². The van der Waals surface area contributed by atoms with Gasteiger partial charge in [-0.25, -0.2) is 14.5 Å². The minimum atomic E-state index is -0.581. The van der Waals surface area contributed by atoms with Crippen LogP contribution in [0.2, 0.25) is 0 Å². The topological polar surface area (TPSA) is 104 Å². The van der Waals surface area contributed by atoms with E-state index in [0.29, 0.717) is 11.3 Å². The molecule has 0 unspecified atom stereocenters. The Bertz CT molecular complexity index is 1110. The van der Waals surface area contributed by atoms with E-state index in [1.165, 1.54) is 10.7 Å². The molecule has 0 aliphatic rings. The number of fused-ring (bicyclic) bond motifs is 1. The molecule has 124 valence electrons. The van der Waals surface area contributed by atoms with Crippen LogP contribution in [-0.4, -0.2) is 35.0 Å². The number of primary amides is 1. The molecule has 0 radical (unpaired) electrons. The van der Waals surface area contributed by atoms with E-state index in [9.17, 15) is 4.79 Å². The van der Waals surface area contributed by atoms with Crippen molar-refractivity contribution in [1.29, 1.82) is 0 Å². The lowest BCUT2D eigenvalue weighted by Crippen LogP contribution is -2.15. The average molecular weight is 333 g/mol. The highest BCUT2D eigenvalue weighted by Gasteiger charge is 2.18. The van der Waals surface area contributed by atoms with Gasteiger partial charge in [0.1, 0.15) is 17.1 Å². The van der Waals surface area contributed by atoms with Crippen LogP contribution >= 0.6 is 0 Å². The summed E-state index contributed by atoms with van der Waals surface area (Å²) in [5, 5.41) is 4.53. The number of amides is 1. The Morgan fingerprint density at radius 2 is 1.96 bits per heavy atom. The number of nitrogens with two attached hydrogens (primary N) is 1. The standard InChI is InChI=1S/C17H15N7O/c1-10-4-3-5-11(21-10)15-16(23(2)9-20-15)12-6-7-14-19-8-13(17(18)25)24(14)22-12/h3-9H,1-2H3,(H2,18,25). The highest BCUT2D eigenvalue weighted by atomic mass is 16.1. The molecule has 8 nitrogen and oxygen atoms in total. The fraction of sp³-hybridized carbons (Fsp3) is 0.118. The number of carbonyl (C=O) groups excluding carboxylic acids is 1. The van der Waals surface area contributed by atoms with Gasteiger partial charge < -0.3 is 10.3 Å².